The smallest absolute Gasteiger partial charge is 0.238 e. The minimum Gasteiger partial charge on any atom is -0.495 e. The molecular weight excluding hydrogens is 278 g/mol. The second-order valence-electron chi connectivity index (χ2n) is 4.73. The maximum absolute atomic E-state index is 11.7. The summed E-state index contributed by atoms with van der Waals surface area (Å²) in [6.45, 7) is 2.11. The van der Waals surface area contributed by atoms with Crippen LogP contribution in [-0.2, 0) is 4.79 Å². The molecule has 2 N–H and O–H groups in total. The molecule has 0 spiro atoms. The molecule has 0 fully saturated rings. The first-order valence-electron chi connectivity index (χ1n) is 6.51. The molecule has 0 unspecified atom stereocenters. The zero-order valence-corrected chi connectivity index (χ0v) is 13.0. The summed E-state index contributed by atoms with van der Waals surface area (Å²) in [4.78, 5) is 13.8. The van der Waals surface area contributed by atoms with Crippen molar-refractivity contribution in [3.8, 4) is 5.75 Å². The van der Waals surface area contributed by atoms with Crippen molar-refractivity contribution >= 4 is 23.2 Å². The van der Waals surface area contributed by atoms with Crippen LogP contribution in [0.1, 0.15) is 6.42 Å². The molecule has 1 rings (SSSR count). The van der Waals surface area contributed by atoms with E-state index < -0.39 is 0 Å². The predicted octanol–water partition coefficient (Wildman–Crippen LogP) is 1.83. The topological polar surface area (TPSA) is 53.6 Å². The number of benzene rings is 1. The van der Waals surface area contributed by atoms with Crippen molar-refractivity contribution in [2.75, 3.05) is 46.2 Å². The van der Waals surface area contributed by atoms with Crippen molar-refractivity contribution in [2.24, 2.45) is 0 Å². The van der Waals surface area contributed by atoms with Gasteiger partial charge in [-0.05, 0) is 51.8 Å². The summed E-state index contributed by atoms with van der Waals surface area (Å²) < 4.78 is 5.06. The first kappa shape index (κ1) is 16.8. The van der Waals surface area contributed by atoms with Crippen molar-refractivity contribution in [3.63, 3.8) is 0 Å². The third kappa shape index (κ3) is 6.23. The van der Waals surface area contributed by atoms with Crippen LogP contribution < -0.4 is 15.4 Å². The number of amides is 1. The van der Waals surface area contributed by atoms with Gasteiger partial charge in [0.2, 0.25) is 5.91 Å². The van der Waals surface area contributed by atoms with Crippen LogP contribution in [0.25, 0.3) is 0 Å². The fraction of sp³-hybridized carbons (Fsp3) is 0.500. The van der Waals surface area contributed by atoms with E-state index in [4.69, 9.17) is 16.3 Å². The Hall–Kier alpha value is -1.30. The van der Waals surface area contributed by atoms with Crippen LogP contribution in [0.4, 0.5) is 5.69 Å². The molecule has 0 aromatic heterocycles. The first-order valence-corrected chi connectivity index (χ1v) is 6.89. The van der Waals surface area contributed by atoms with Gasteiger partial charge in [0, 0.05) is 5.69 Å². The number of halogens is 1. The predicted molar refractivity (Wildman–Crippen MR) is 82.7 cm³/mol. The lowest BCUT2D eigenvalue weighted by Gasteiger charge is -2.10. The molecule has 0 saturated carbocycles. The average molecular weight is 300 g/mol. The fourth-order valence-electron chi connectivity index (χ4n) is 1.67. The highest BCUT2D eigenvalue weighted by Gasteiger charge is 2.05. The molecule has 0 bridgehead atoms. The van der Waals surface area contributed by atoms with Gasteiger partial charge < -0.3 is 20.3 Å². The van der Waals surface area contributed by atoms with Gasteiger partial charge >= 0.3 is 0 Å². The van der Waals surface area contributed by atoms with Gasteiger partial charge in [0.05, 0.1) is 18.7 Å². The van der Waals surface area contributed by atoms with Crippen LogP contribution in [0, 0.1) is 0 Å². The van der Waals surface area contributed by atoms with E-state index in [0.29, 0.717) is 16.5 Å². The van der Waals surface area contributed by atoms with Gasteiger partial charge in [0.15, 0.2) is 0 Å². The van der Waals surface area contributed by atoms with E-state index in [1.165, 1.54) is 0 Å². The molecule has 0 saturated heterocycles. The number of nitrogens with zero attached hydrogens (tertiary/aromatic N) is 1. The highest BCUT2D eigenvalue weighted by atomic mass is 35.5. The van der Waals surface area contributed by atoms with E-state index in [1.54, 1.807) is 25.3 Å². The molecule has 1 aromatic rings. The second-order valence-corrected chi connectivity index (χ2v) is 5.14. The molecule has 6 heteroatoms. The van der Waals surface area contributed by atoms with E-state index in [2.05, 4.69) is 15.5 Å². The number of rotatable bonds is 8. The molecule has 1 amide bonds. The molecule has 20 heavy (non-hydrogen) atoms. The van der Waals surface area contributed by atoms with Crippen molar-refractivity contribution in [1.29, 1.82) is 0 Å². The zero-order valence-electron chi connectivity index (χ0n) is 12.2. The Morgan fingerprint density at radius 1 is 1.40 bits per heavy atom. The number of carbonyl (C=O) groups excluding carboxylic acids is 1. The Morgan fingerprint density at radius 3 is 2.75 bits per heavy atom. The maximum Gasteiger partial charge on any atom is 0.238 e. The first-order chi connectivity index (χ1) is 9.52. The van der Waals surface area contributed by atoms with Gasteiger partial charge in [-0.1, -0.05) is 11.6 Å². The maximum atomic E-state index is 11.7. The zero-order chi connectivity index (χ0) is 15.0. The third-order valence-corrected chi connectivity index (χ3v) is 2.98. The average Bonchev–Trinajstić information content (AvgIpc) is 2.38. The molecule has 0 radical (unpaired) electrons. The number of anilines is 1. The van der Waals surface area contributed by atoms with E-state index in [1.807, 2.05) is 14.1 Å². The van der Waals surface area contributed by atoms with Gasteiger partial charge in [-0.2, -0.15) is 0 Å². The summed E-state index contributed by atoms with van der Waals surface area (Å²) in [5.41, 5.74) is 0.663. The van der Waals surface area contributed by atoms with Crippen LogP contribution in [0.15, 0.2) is 18.2 Å². The summed E-state index contributed by atoms with van der Waals surface area (Å²) in [7, 11) is 5.61. The van der Waals surface area contributed by atoms with E-state index in [0.717, 1.165) is 19.5 Å². The van der Waals surface area contributed by atoms with Gasteiger partial charge in [-0.3, -0.25) is 4.79 Å². The van der Waals surface area contributed by atoms with Crippen LogP contribution in [0.3, 0.4) is 0 Å². The Labute approximate surface area is 125 Å². The van der Waals surface area contributed by atoms with Crippen molar-refractivity contribution in [3.05, 3.63) is 23.2 Å². The minimum atomic E-state index is -0.0870. The van der Waals surface area contributed by atoms with E-state index >= 15 is 0 Å². The molecule has 0 heterocycles. The number of hydrogen-bond donors (Lipinski definition) is 2. The summed E-state index contributed by atoms with van der Waals surface area (Å²) in [6, 6.07) is 5.15. The van der Waals surface area contributed by atoms with Crippen molar-refractivity contribution < 1.29 is 9.53 Å². The SMILES string of the molecule is COc1ccc(NC(=O)CNCCCN(C)C)cc1Cl. The Morgan fingerprint density at radius 2 is 2.15 bits per heavy atom. The normalized spacial score (nSPS) is 10.7. The number of nitrogens with one attached hydrogen (secondary N) is 2. The van der Waals surface area contributed by atoms with Crippen molar-refractivity contribution in [2.45, 2.75) is 6.42 Å². The lowest BCUT2D eigenvalue weighted by molar-refractivity contribution is -0.115. The number of carbonyl (C=O) groups is 1. The summed E-state index contributed by atoms with van der Waals surface area (Å²) in [5.74, 6) is 0.502. The molecule has 0 atom stereocenters. The van der Waals surface area contributed by atoms with E-state index in [-0.39, 0.29) is 12.5 Å². The van der Waals surface area contributed by atoms with Crippen LogP contribution in [0.5, 0.6) is 5.75 Å². The third-order valence-electron chi connectivity index (χ3n) is 2.68. The molecule has 1 aromatic carbocycles. The van der Waals surface area contributed by atoms with Gasteiger partial charge in [0.25, 0.3) is 0 Å². The summed E-state index contributed by atoms with van der Waals surface area (Å²) in [6.07, 6.45) is 1.01. The molecule has 0 aliphatic carbocycles. The Balaban J connectivity index is 2.30. The standard InChI is InChI=1S/C14H22ClN3O2/c1-18(2)8-4-7-16-10-14(19)17-11-5-6-13(20-3)12(15)9-11/h5-6,9,16H,4,7-8,10H2,1-3H3,(H,17,19). The largest absolute Gasteiger partial charge is 0.495 e. The lowest BCUT2D eigenvalue weighted by Crippen LogP contribution is -2.30. The number of ether oxygens (including phenoxy) is 1. The Kier molecular flexibility index (Phi) is 7.36. The van der Waals surface area contributed by atoms with Gasteiger partial charge in [-0.15, -0.1) is 0 Å². The van der Waals surface area contributed by atoms with Crippen LogP contribution in [0.2, 0.25) is 5.02 Å². The molecular formula is C14H22ClN3O2. The van der Waals surface area contributed by atoms with Crippen molar-refractivity contribution in [1.82, 2.24) is 10.2 Å². The second kappa shape index (κ2) is 8.79. The molecule has 5 nitrogen and oxygen atoms in total. The fourth-order valence-corrected chi connectivity index (χ4v) is 1.93. The summed E-state index contributed by atoms with van der Waals surface area (Å²) >= 11 is 5.99. The monoisotopic (exact) mass is 299 g/mol. The number of hydrogen-bond acceptors (Lipinski definition) is 4. The quantitative estimate of drug-likeness (QED) is 0.719. The summed E-state index contributed by atoms with van der Waals surface area (Å²) in [5, 5.41) is 6.36. The molecule has 0 aliphatic heterocycles. The minimum absolute atomic E-state index is 0.0870. The van der Waals surface area contributed by atoms with E-state index in [9.17, 15) is 4.79 Å². The van der Waals surface area contributed by atoms with Gasteiger partial charge in [-0.25, -0.2) is 0 Å². The highest BCUT2D eigenvalue weighted by Crippen LogP contribution is 2.26. The lowest BCUT2D eigenvalue weighted by atomic mass is 10.3. The Bertz CT molecular complexity index is 438. The molecule has 0 aliphatic rings. The van der Waals surface area contributed by atoms with Gasteiger partial charge in [0.1, 0.15) is 5.75 Å². The molecule has 112 valence electrons. The highest BCUT2D eigenvalue weighted by molar-refractivity contribution is 6.32. The van der Waals surface area contributed by atoms with Crippen LogP contribution >= 0.6 is 11.6 Å². The van der Waals surface area contributed by atoms with Crippen LogP contribution in [-0.4, -0.2) is 51.6 Å². The number of methoxy groups -OCH3 is 1.